The average molecular weight is 365 g/mol. The van der Waals surface area contributed by atoms with Crippen LogP contribution in [0.2, 0.25) is 0 Å². The predicted octanol–water partition coefficient (Wildman–Crippen LogP) is 4.36. The number of rotatable bonds is 3. The molecule has 2 aromatic heterocycles. The van der Waals surface area contributed by atoms with Crippen LogP contribution >= 0.6 is 11.3 Å². The van der Waals surface area contributed by atoms with Crippen molar-refractivity contribution in [2.24, 2.45) is 0 Å². The summed E-state index contributed by atoms with van der Waals surface area (Å²) in [6, 6.07) is 6.79. The van der Waals surface area contributed by atoms with E-state index in [4.69, 9.17) is 10.00 Å². The molecule has 9 heteroatoms. The molecule has 128 valence electrons. The second kappa shape index (κ2) is 6.22. The van der Waals surface area contributed by atoms with Crippen molar-refractivity contribution in [2.75, 3.05) is 6.61 Å². The van der Waals surface area contributed by atoms with Gasteiger partial charge in [-0.2, -0.15) is 18.4 Å². The van der Waals surface area contributed by atoms with Gasteiger partial charge in [-0.3, -0.25) is 0 Å². The highest BCUT2D eigenvalue weighted by Gasteiger charge is 2.40. The number of nitrogens with one attached hydrogen (secondary N) is 1. The predicted molar refractivity (Wildman–Crippen MR) is 85.1 cm³/mol. The van der Waals surface area contributed by atoms with E-state index in [-0.39, 0.29) is 11.6 Å². The number of aromatic amines is 1. The molecule has 0 radical (unpaired) electrons. The van der Waals surface area contributed by atoms with Gasteiger partial charge < -0.3 is 9.72 Å². The summed E-state index contributed by atoms with van der Waals surface area (Å²) in [5.41, 5.74) is 0.170. The lowest BCUT2D eigenvalue weighted by Crippen LogP contribution is -2.13. The minimum absolute atomic E-state index is 0.0300. The third-order valence-corrected chi connectivity index (χ3v) is 4.49. The van der Waals surface area contributed by atoms with E-state index in [1.54, 1.807) is 18.2 Å². The highest BCUT2D eigenvalue weighted by Crippen LogP contribution is 2.38. The van der Waals surface area contributed by atoms with E-state index in [0.29, 0.717) is 33.4 Å². The standard InChI is InChI=1S/C16H10F3N3O2S/c1-2-24-15(23)12-13(16(17,18)19)22-14(25-12)8-3-4-11-10(5-8)9(6-20)7-21-11/h3-5,7,21H,2H2,1H3. The number of hydrogen-bond donors (Lipinski definition) is 1. The number of nitriles is 1. The second-order valence-electron chi connectivity index (χ2n) is 4.99. The molecule has 0 saturated heterocycles. The van der Waals surface area contributed by atoms with Gasteiger partial charge in [-0.05, 0) is 25.1 Å². The molecule has 0 aliphatic carbocycles. The number of H-pyrrole nitrogens is 1. The van der Waals surface area contributed by atoms with E-state index in [0.717, 1.165) is 0 Å². The Labute approximate surface area is 143 Å². The largest absolute Gasteiger partial charge is 0.462 e. The summed E-state index contributed by atoms with van der Waals surface area (Å²) in [5.74, 6) is -1.06. The molecule has 1 aromatic carbocycles. The van der Waals surface area contributed by atoms with Crippen molar-refractivity contribution in [1.82, 2.24) is 9.97 Å². The highest BCUT2D eigenvalue weighted by atomic mass is 32.1. The van der Waals surface area contributed by atoms with Gasteiger partial charge >= 0.3 is 12.1 Å². The van der Waals surface area contributed by atoms with E-state index >= 15 is 0 Å². The zero-order chi connectivity index (χ0) is 18.2. The van der Waals surface area contributed by atoms with E-state index in [2.05, 4.69) is 9.97 Å². The molecular formula is C16H10F3N3O2S. The summed E-state index contributed by atoms with van der Waals surface area (Å²) < 4.78 is 44.3. The van der Waals surface area contributed by atoms with Crippen molar-refractivity contribution in [3.63, 3.8) is 0 Å². The number of ether oxygens (including phenoxy) is 1. The van der Waals surface area contributed by atoms with Crippen molar-refractivity contribution in [3.05, 3.63) is 40.5 Å². The first-order valence-corrected chi connectivity index (χ1v) is 7.93. The van der Waals surface area contributed by atoms with Gasteiger partial charge in [-0.1, -0.05) is 0 Å². The van der Waals surface area contributed by atoms with Crippen LogP contribution in [0.3, 0.4) is 0 Å². The fraction of sp³-hybridized carbons (Fsp3) is 0.188. The zero-order valence-corrected chi connectivity index (χ0v) is 13.6. The molecule has 0 atom stereocenters. The van der Waals surface area contributed by atoms with Gasteiger partial charge in [-0.25, -0.2) is 9.78 Å². The molecule has 1 N–H and O–H groups in total. The molecular weight excluding hydrogens is 355 g/mol. The number of halogens is 3. The summed E-state index contributed by atoms with van der Waals surface area (Å²) in [6.45, 7) is 1.47. The number of thiazole rings is 1. The second-order valence-corrected chi connectivity index (χ2v) is 5.99. The Kier molecular flexibility index (Phi) is 4.22. The highest BCUT2D eigenvalue weighted by molar-refractivity contribution is 7.17. The van der Waals surface area contributed by atoms with Crippen molar-refractivity contribution < 1.29 is 22.7 Å². The lowest BCUT2D eigenvalue weighted by molar-refractivity contribution is -0.141. The van der Waals surface area contributed by atoms with Gasteiger partial charge in [0.15, 0.2) is 5.69 Å². The molecule has 0 saturated carbocycles. The topological polar surface area (TPSA) is 78.8 Å². The van der Waals surface area contributed by atoms with Crippen LogP contribution in [0.4, 0.5) is 13.2 Å². The number of carbonyl (C=O) groups is 1. The van der Waals surface area contributed by atoms with Crippen LogP contribution < -0.4 is 0 Å². The van der Waals surface area contributed by atoms with Gasteiger partial charge in [0, 0.05) is 22.7 Å². The number of alkyl halides is 3. The molecule has 0 aliphatic heterocycles. The van der Waals surface area contributed by atoms with Gasteiger partial charge in [-0.15, -0.1) is 11.3 Å². The Hall–Kier alpha value is -2.86. The van der Waals surface area contributed by atoms with Gasteiger partial charge in [0.2, 0.25) is 0 Å². The fourth-order valence-corrected chi connectivity index (χ4v) is 3.29. The summed E-state index contributed by atoms with van der Waals surface area (Å²) in [4.78, 5) is 17.7. The molecule has 3 aromatic rings. The van der Waals surface area contributed by atoms with Crippen LogP contribution in [-0.4, -0.2) is 22.5 Å². The van der Waals surface area contributed by atoms with Crippen LogP contribution in [0.25, 0.3) is 21.5 Å². The minimum Gasteiger partial charge on any atom is -0.462 e. The zero-order valence-electron chi connectivity index (χ0n) is 12.8. The van der Waals surface area contributed by atoms with Crippen LogP contribution in [0, 0.1) is 11.3 Å². The van der Waals surface area contributed by atoms with Crippen LogP contribution in [0.5, 0.6) is 0 Å². The van der Waals surface area contributed by atoms with E-state index in [1.165, 1.54) is 13.1 Å². The Balaban J connectivity index is 2.14. The SMILES string of the molecule is CCOC(=O)c1sc(-c2ccc3[nH]cc(C#N)c3c2)nc1C(F)(F)F. The fourth-order valence-electron chi connectivity index (χ4n) is 2.32. The van der Waals surface area contributed by atoms with Crippen molar-refractivity contribution in [3.8, 4) is 16.6 Å². The van der Waals surface area contributed by atoms with Crippen molar-refractivity contribution in [1.29, 1.82) is 5.26 Å². The first-order chi connectivity index (χ1) is 11.8. The van der Waals surface area contributed by atoms with Crippen molar-refractivity contribution in [2.45, 2.75) is 13.1 Å². The van der Waals surface area contributed by atoms with Crippen LogP contribution in [0.1, 0.15) is 27.9 Å². The Bertz CT molecular complexity index is 998. The molecule has 0 bridgehead atoms. The normalized spacial score (nSPS) is 11.5. The Morgan fingerprint density at radius 3 is 2.84 bits per heavy atom. The quantitative estimate of drug-likeness (QED) is 0.700. The first-order valence-electron chi connectivity index (χ1n) is 7.12. The molecule has 3 rings (SSSR count). The number of nitrogens with zero attached hydrogens (tertiary/aromatic N) is 2. The number of hydrogen-bond acceptors (Lipinski definition) is 5. The number of carbonyl (C=O) groups excluding carboxylic acids is 1. The maximum absolute atomic E-state index is 13.2. The number of fused-ring (bicyclic) bond motifs is 1. The first kappa shape index (κ1) is 17.0. The molecule has 5 nitrogen and oxygen atoms in total. The summed E-state index contributed by atoms with van der Waals surface area (Å²) in [5, 5.41) is 9.68. The van der Waals surface area contributed by atoms with Crippen LogP contribution in [0.15, 0.2) is 24.4 Å². The third-order valence-electron chi connectivity index (χ3n) is 3.41. The van der Waals surface area contributed by atoms with Gasteiger partial charge in [0.1, 0.15) is 16.0 Å². The smallest absolute Gasteiger partial charge is 0.435 e. The average Bonchev–Trinajstić information content (AvgIpc) is 3.18. The maximum atomic E-state index is 13.2. The summed E-state index contributed by atoms with van der Waals surface area (Å²) in [7, 11) is 0. The van der Waals surface area contributed by atoms with E-state index in [1.807, 2.05) is 6.07 Å². The minimum atomic E-state index is -4.77. The Morgan fingerprint density at radius 1 is 1.44 bits per heavy atom. The van der Waals surface area contributed by atoms with E-state index in [9.17, 15) is 18.0 Å². The van der Waals surface area contributed by atoms with Crippen molar-refractivity contribution >= 4 is 28.2 Å². The molecule has 2 heterocycles. The number of benzene rings is 1. The lowest BCUT2D eigenvalue weighted by Gasteiger charge is -2.05. The monoisotopic (exact) mass is 365 g/mol. The van der Waals surface area contributed by atoms with Gasteiger partial charge in [0.25, 0.3) is 0 Å². The van der Waals surface area contributed by atoms with Crippen LogP contribution in [-0.2, 0) is 10.9 Å². The van der Waals surface area contributed by atoms with Gasteiger partial charge in [0.05, 0.1) is 12.2 Å². The number of esters is 1. The number of aromatic nitrogens is 2. The molecule has 0 spiro atoms. The molecule has 0 unspecified atom stereocenters. The molecule has 0 amide bonds. The molecule has 25 heavy (non-hydrogen) atoms. The molecule has 0 fully saturated rings. The maximum Gasteiger partial charge on any atom is 0.435 e. The lowest BCUT2D eigenvalue weighted by atomic mass is 10.1. The summed E-state index contributed by atoms with van der Waals surface area (Å²) in [6.07, 6.45) is -3.26. The molecule has 0 aliphatic rings. The Morgan fingerprint density at radius 2 is 2.20 bits per heavy atom. The summed E-state index contributed by atoms with van der Waals surface area (Å²) >= 11 is 0.613. The van der Waals surface area contributed by atoms with E-state index < -0.39 is 22.7 Å². The third kappa shape index (κ3) is 3.08.